The highest BCUT2D eigenvalue weighted by molar-refractivity contribution is 5.91. The number of nitrogens with zero attached hydrogens (tertiary/aromatic N) is 3. The molecular formula is C21H18N6O. The maximum absolute atomic E-state index is 11.1. The lowest BCUT2D eigenvalue weighted by atomic mass is 10.2. The highest BCUT2D eigenvalue weighted by atomic mass is 16.1. The molecule has 7 heteroatoms. The molecule has 0 saturated heterocycles. The van der Waals surface area contributed by atoms with E-state index in [2.05, 4.69) is 30.9 Å². The number of carbonyl (C=O) groups excluding carboxylic acids is 1. The van der Waals surface area contributed by atoms with Crippen molar-refractivity contribution < 1.29 is 4.79 Å². The molecule has 0 aliphatic rings. The Hall–Kier alpha value is -4.00. The van der Waals surface area contributed by atoms with Gasteiger partial charge in [0.1, 0.15) is 18.0 Å². The predicted octanol–water partition coefficient (Wildman–Crippen LogP) is 4.47. The van der Waals surface area contributed by atoms with E-state index in [1.165, 1.54) is 13.3 Å². The molecule has 0 spiro atoms. The van der Waals surface area contributed by atoms with Crippen molar-refractivity contribution in [3.63, 3.8) is 0 Å². The number of amides is 1. The van der Waals surface area contributed by atoms with Crippen molar-refractivity contribution in [3.8, 4) is 0 Å². The Morgan fingerprint density at radius 3 is 2.32 bits per heavy atom. The molecule has 138 valence electrons. The molecule has 0 aliphatic carbocycles. The highest BCUT2D eigenvalue weighted by Crippen LogP contribution is 2.25. The second kappa shape index (κ2) is 7.71. The molecule has 0 aliphatic heterocycles. The molecule has 0 radical (unpaired) electrons. The largest absolute Gasteiger partial charge is 0.340 e. The maximum Gasteiger partial charge on any atom is 0.221 e. The lowest BCUT2D eigenvalue weighted by Gasteiger charge is -2.10. The molecule has 0 fully saturated rings. The lowest BCUT2D eigenvalue weighted by Crippen LogP contribution is -2.05. The number of rotatable bonds is 5. The molecule has 0 saturated carbocycles. The average molecular weight is 370 g/mol. The van der Waals surface area contributed by atoms with E-state index in [0.29, 0.717) is 11.6 Å². The SMILES string of the molecule is CC(=O)Nc1ccc(Nc2cc(Nc3cccc4cccnc34)ncn2)cc1. The van der Waals surface area contributed by atoms with Crippen LogP contribution in [0.2, 0.25) is 0 Å². The van der Waals surface area contributed by atoms with E-state index in [1.54, 1.807) is 6.20 Å². The highest BCUT2D eigenvalue weighted by Gasteiger charge is 2.05. The van der Waals surface area contributed by atoms with Gasteiger partial charge in [0, 0.05) is 35.9 Å². The van der Waals surface area contributed by atoms with Crippen LogP contribution in [0.3, 0.4) is 0 Å². The summed E-state index contributed by atoms with van der Waals surface area (Å²) in [5, 5.41) is 10.3. The summed E-state index contributed by atoms with van der Waals surface area (Å²) < 4.78 is 0. The summed E-state index contributed by atoms with van der Waals surface area (Å²) in [7, 11) is 0. The smallest absolute Gasteiger partial charge is 0.221 e. The molecule has 1 amide bonds. The third kappa shape index (κ3) is 4.04. The first-order chi connectivity index (χ1) is 13.7. The van der Waals surface area contributed by atoms with Crippen molar-refractivity contribution in [3.05, 3.63) is 73.2 Å². The number of aromatic nitrogens is 3. The normalized spacial score (nSPS) is 10.5. The number of carbonyl (C=O) groups is 1. The van der Waals surface area contributed by atoms with Crippen LogP contribution in [0.4, 0.5) is 28.7 Å². The van der Waals surface area contributed by atoms with E-state index in [4.69, 9.17) is 0 Å². The van der Waals surface area contributed by atoms with Gasteiger partial charge in [-0.2, -0.15) is 0 Å². The minimum absolute atomic E-state index is 0.102. The molecule has 0 unspecified atom stereocenters. The summed E-state index contributed by atoms with van der Waals surface area (Å²) in [5.41, 5.74) is 3.35. The summed E-state index contributed by atoms with van der Waals surface area (Å²) in [6, 6.07) is 19.1. The third-order valence-electron chi connectivity index (χ3n) is 4.04. The van der Waals surface area contributed by atoms with E-state index in [-0.39, 0.29) is 5.91 Å². The first kappa shape index (κ1) is 17.4. The van der Waals surface area contributed by atoms with Gasteiger partial charge in [-0.15, -0.1) is 0 Å². The van der Waals surface area contributed by atoms with Gasteiger partial charge in [0.05, 0.1) is 11.2 Å². The van der Waals surface area contributed by atoms with Gasteiger partial charge in [-0.1, -0.05) is 18.2 Å². The third-order valence-corrected chi connectivity index (χ3v) is 4.04. The van der Waals surface area contributed by atoms with Crippen molar-refractivity contribution in [2.24, 2.45) is 0 Å². The molecule has 0 bridgehead atoms. The molecule has 4 rings (SSSR count). The predicted molar refractivity (Wildman–Crippen MR) is 111 cm³/mol. The Morgan fingerprint density at radius 2 is 1.54 bits per heavy atom. The maximum atomic E-state index is 11.1. The van der Waals surface area contributed by atoms with E-state index in [0.717, 1.165) is 28.0 Å². The number of pyridine rings is 1. The minimum Gasteiger partial charge on any atom is -0.340 e. The Labute approximate surface area is 161 Å². The van der Waals surface area contributed by atoms with Crippen molar-refractivity contribution in [2.45, 2.75) is 6.92 Å². The first-order valence-corrected chi connectivity index (χ1v) is 8.75. The lowest BCUT2D eigenvalue weighted by molar-refractivity contribution is -0.114. The molecule has 2 heterocycles. The Kier molecular flexibility index (Phi) is 4.79. The number of para-hydroxylation sites is 1. The summed E-state index contributed by atoms with van der Waals surface area (Å²) in [6.07, 6.45) is 3.26. The minimum atomic E-state index is -0.102. The van der Waals surface area contributed by atoms with Crippen LogP contribution in [-0.4, -0.2) is 20.9 Å². The summed E-state index contributed by atoms with van der Waals surface area (Å²) in [5.74, 6) is 1.21. The Morgan fingerprint density at radius 1 is 0.821 bits per heavy atom. The van der Waals surface area contributed by atoms with Gasteiger partial charge in [-0.3, -0.25) is 9.78 Å². The van der Waals surface area contributed by atoms with Crippen LogP contribution in [0.15, 0.2) is 73.2 Å². The standard InChI is InChI=1S/C21H18N6O/c1-14(28)25-16-7-9-17(10-8-16)26-19-12-20(24-13-23-19)27-18-6-2-4-15-5-3-11-22-21(15)18/h2-13H,1H3,(H,25,28)(H2,23,24,26,27). The number of hydrogen-bond acceptors (Lipinski definition) is 6. The van der Waals surface area contributed by atoms with Crippen molar-refractivity contribution in [1.82, 2.24) is 15.0 Å². The fourth-order valence-electron chi connectivity index (χ4n) is 2.83. The second-order valence-corrected chi connectivity index (χ2v) is 6.18. The van der Waals surface area contributed by atoms with Gasteiger partial charge >= 0.3 is 0 Å². The van der Waals surface area contributed by atoms with Gasteiger partial charge in [0.15, 0.2) is 0 Å². The van der Waals surface area contributed by atoms with Crippen molar-refractivity contribution in [2.75, 3.05) is 16.0 Å². The fourth-order valence-corrected chi connectivity index (χ4v) is 2.83. The molecule has 2 aromatic heterocycles. The number of fused-ring (bicyclic) bond motifs is 1. The zero-order valence-electron chi connectivity index (χ0n) is 15.2. The summed E-state index contributed by atoms with van der Waals surface area (Å²) in [6.45, 7) is 1.48. The van der Waals surface area contributed by atoms with E-state index < -0.39 is 0 Å². The molecule has 4 aromatic rings. The number of hydrogen-bond donors (Lipinski definition) is 3. The van der Waals surface area contributed by atoms with Crippen LogP contribution in [-0.2, 0) is 4.79 Å². The molecule has 28 heavy (non-hydrogen) atoms. The zero-order chi connectivity index (χ0) is 19.3. The number of nitrogens with one attached hydrogen (secondary N) is 3. The van der Waals surface area contributed by atoms with Gasteiger partial charge in [-0.05, 0) is 36.4 Å². The number of anilines is 5. The van der Waals surface area contributed by atoms with Crippen LogP contribution < -0.4 is 16.0 Å². The average Bonchev–Trinajstić information content (AvgIpc) is 2.70. The zero-order valence-corrected chi connectivity index (χ0v) is 15.2. The van der Waals surface area contributed by atoms with Crippen LogP contribution >= 0.6 is 0 Å². The van der Waals surface area contributed by atoms with E-state index in [9.17, 15) is 4.79 Å². The Bertz CT molecular complexity index is 1120. The first-order valence-electron chi connectivity index (χ1n) is 8.75. The van der Waals surface area contributed by atoms with Gasteiger partial charge in [0.2, 0.25) is 5.91 Å². The topological polar surface area (TPSA) is 91.8 Å². The van der Waals surface area contributed by atoms with Gasteiger partial charge in [0.25, 0.3) is 0 Å². The molecule has 2 aromatic carbocycles. The fraction of sp³-hybridized carbons (Fsp3) is 0.0476. The van der Waals surface area contributed by atoms with Gasteiger partial charge < -0.3 is 16.0 Å². The second-order valence-electron chi connectivity index (χ2n) is 6.18. The molecule has 3 N–H and O–H groups in total. The Balaban J connectivity index is 1.52. The molecule has 0 atom stereocenters. The van der Waals surface area contributed by atoms with Crippen molar-refractivity contribution in [1.29, 1.82) is 0 Å². The van der Waals surface area contributed by atoms with Crippen LogP contribution in [0.25, 0.3) is 10.9 Å². The summed E-state index contributed by atoms with van der Waals surface area (Å²) >= 11 is 0. The van der Waals surface area contributed by atoms with Crippen LogP contribution in [0.1, 0.15) is 6.92 Å². The summed E-state index contributed by atoms with van der Waals surface area (Å²) in [4.78, 5) is 24.1. The quantitative estimate of drug-likeness (QED) is 0.480. The van der Waals surface area contributed by atoms with Crippen molar-refractivity contribution >= 4 is 45.5 Å². The van der Waals surface area contributed by atoms with Crippen LogP contribution in [0.5, 0.6) is 0 Å². The van der Waals surface area contributed by atoms with Crippen LogP contribution in [0, 0.1) is 0 Å². The van der Waals surface area contributed by atoms with E-state index in [1.807, 2.05) is 60.7 Å². The van der Waals surface area contributed by atoms with E-state index >= 15 is 0 Å². The number of benzene rings is 2. The molecule has 7 nitrogen and oxygen atoms in total. The monoisotopic (exact) mass is 370 g/mol. The molecular weight excluding hydrogens is 352 g/mol. The van der Waals surface area contributed by atoms with Gasteiger partial charge in [-0.25, -0.2) is 9.97 Å².